The summed E-state index contributed by atoms with van der Waals surface area (Å²) in [6.07, 6.45) is 7.29. The Morgan fingerprint density at radius 3 is 2.28 bits per heavy atom. The lowest BCUT2D eigenvalue weighted by Crippen LogP contribution is -2.20. The molecule has 2 aromatic rings. The van der Waals surface area contributed by atoms with E-state index >= 15 is 0 Å². The SMILES string of the molecule is CCCC1CCC(COc2ccc(-c3ccc(OCC)c(Cl)c3F)cc2F)CC1. The predicted octanol–water partition coefficient (Wildman–Crippen LogP) is 7.67. The molecule has 0 radical (unpaired) electrons. The van der Waals surface area contributed by atoms with Crippen LogP contribution in [-0.4, -0.2) is 13.2 Å². The molecule has 5 heteroatoms. The zero-order valence-corrected chi connectivity index (χ0v) is 17.9. The van der Waals surface area contributed by atoms with Crippen LogP contribution in [0.3, 0.4) is 0 Å². The van der Waals surface area contributed by atoms with Gasteiger partial charge in [0.2, 0.25) is 0 Å². The topological polar surface area (TPSA) is 18.5 Å². The lowest BCUT2D eigenvalue weighted by molar-refractivity contribution is 0.174. The Bertz CT molecular complexity index is 817. The maximum Gasteiger partial charge on any atom is 0.165 e. The monoisotopic (exact) mass is 422 g/mol. The number of benzene rings is 2. The minimum absolute atomic E-state index is 0.0937. The van der Waals surface area contributed by atoms with Gasteiger partial charge in [-0.25, -0.2) is 8.78 Å². The minimum Gasteiger partial charge on any atom is -0.492 e. The van der Waals surface area contributed by atoms with Gasteiger partial charge in [-0.15, -0.1) is 0 Å². The fourth-order valence-corrected chi connectivity index (χ4v) is 4.33. The third-order valence-corrected chi connectivity index (χ3v) is 6.08. The van der Waals surface area contributed by atoms with Crippen LogP contribution in [0.2, 0.25) is 5.02 Å². The second-order valence-corrected chi connectivity index (χ2v) is 8.18. The Hall–Kier alpha value is -1.81. The summed E-state index contributed by atoms with van der Waals surface area (Å²) < 4.78 is 40.2. The third kappa shape index (κ3) is 5.42. The summed E-state index contributed by atoms with van der Waals surface area (Å²) >= 11 is 6.05. The first-order chi connectivity index (χ1) is 14.0. The fraction of sp³-hybridized carbons (Fsp3) is 0.500. The summed E-state index contributed by atoms with van der Waals surface area (Å²) in [4.78, 5) is 0. The number of halogens is 3. The second-order valence-electron chi connectivity index (χ2n) is 7.80. The van der Waals surface area contributed by atoms with E-state index in [0.29, 0.717) is 24.7 Å². The van der Waals surface area contributed by atoms with Gasteiger partial charge in [-0.2, -0.15) is 0 Å². The molecule has 0 heterocycles. The Kier molecular flexibility index (Phi) is 7.77. The molecule has 0 amide bonds. The van der Waals surface area contributed by atoms with Gasteiger partial charge in [0.25, 0.3) is 0 Å². The number of hydrogen-bond acceptors (Lipinski definition) is 2. The van der Waals surface area contributed by atoms with Crippen molar-refractivity contribution in [3.8, 4) is 22.6 Å². The summed E-state index contributed by atoms with van der Waals surface area (Å²) in [5, 5.41) is -0.0937. The summed E-state index contributed by atoms with van der Waals surface area (Å²) in [7, 11) is 0. The predicted molar refractivity (Wildman–Crippen MR) is 114 cm³/mol. The summed E-state index contributed by atoms with van der Waals surface area (Å²) in [5.74, 6) is 0.695. The highest BCUT2D eigenvalue weighted by molar-refractivity contribution is 6.32. The van der Waals surface area contributed by atoms with Crippen LogP contribution in [-0.2, 0) is 0 Å². The van der Waals surface area contributed by atoms with Gasteiger partial charge in [0.1, 0.15) is 10.8 Å². The average molecular weight is 423 g/mol. The molecular weight excluding hydrogens is 394 g/mol. The van der Waals surface area contributed by atoms with Gasteiger partial charge < -0.3 is 9.47 Å². The summed E-state index contributed by atoms with van der Waals surface area (Å²) in [5.41, 5.74) is 0.649. The molecule has 0 bridgehead atoms. The number of ether oxygens (including phenoxy) is 2. The standard InChI is InChI=1S/C24H29ClF2O2/c1-3-5-16-6-8-17(9-7-16)15-29-21-12-10-18(14-20(21)26)19-11-13-22(28-4-2)23(25)24(19)27/h10-14,16-17H,3-9,15H2,1-2H3. The first-order valence-corrected chi connectivity index (χ1v) is 10.9. The molecule has 0 aromatic heterocycles. The van der Waals surface area contributed by atoms with E-state index in [0.717, 1.165) is 18.8 Å². The van der Waals surface area contributed by atoms with E-state index in [4.69, 9.17) is 21.1 Å². The van der Waals surface area contributed by atoms with Crippen LogP contribution in [0.1, 0.15) is 52.4 Å². The van der Waals surface area contributed by atoms with E-state index in [2.05, 4.69) is 6.92 Å². The van der Waals surface area contributed by atoms with E-state index in [1.54, 1.807) is 31.2 Å². The van der Waals surface area contributed by atoms with Crippen molar-refractivity contribution in [2.75, 3.05) is 13.2 Å². The third-order valence-electron chi connectivity index (χ3n) is 5.73. The van der Waals surface area contributed by atoms with Crippen LogP contribution in [0.25, 0.3) is 11.1 Å². The number of hydrogen-bond donors (Lipinski definition) is 0. The van der Waals surface area contributed by atoms with Crippen molar-refractivity contribution in [3.63, 3.8) is 0 Å². The highest BCUT2D eigenvalue weighted by Gasteiger charge is 2.22. The highest BCUT2D eigenvalue weighted by atomic mass is 35.5. The van der Waals surface area contributed by atoms with Crippen molar-refractivity contribution in [3.05, 3.63) is 47.0 Å². The van der Waals surface area contributed by atoms with Gasteiger partial charge in [-0.05, 0) is 61.4 Å². The highest BCUT2D eigenvalue weighted by Crippen LogP contribution is 2.36. The van der Waals surface area contributed by atoms with E-state index in [1.165, 1.54) is 31.7 Å². The molecule has 29 heavy (non-hydrogen) atoms. The largest absolute Gasteiger partial charge is 0.492 e. The van der Waals surface area contributed by atoms with Crippen molar-refractivity contribution in [2.24, 2.45) is 11.8 Å². The summed E-state index contributed by atoms with van der Waals surface area (Å²) in [6.45, 7) is 4.94. The Morgan fingerprint density at radius 1 is 0.931 bits per heavy atom. The second kappa shape index (κ2) is 10.3. The molecule has 2 nitrogen and oxygen atoms in total. The molecule has 0 N–H and O–H groups in total. The molecule has 1 saturated carbocycles. The summed E-state index contributed by atoms with van der Waals surface area (Å²) in [6, 6.07) is 7.67. The zero-order chi connectivity index (χ0) is 20.8. The Morgan fingerprint density at radius 2 is 1.62 bits per heavy atom. The molecule has 2 aromatic carbocycles. The van der Waals surface area contributed by atoms with Crippen molar-refractivity contribution in [2.45, 2.75) is 52.4 Å². The number of rotatable bonds is 8. The molecule has 0 unspecified atom stereocenters. The molecule has 158 valence electrons. The normalized spacial score (nSPS) is 19.2. The van der Waals surface area contributed by atoms with Crippen molar-refractivity contribution < 1.29 is 18.3 Å². The van der Waals surface area contributed by atoms with Gasteiger partial charge in [-0.3, -0.25) is 0 Å². The van der Waals surface area contributed by atoms with Crippen molar-refractivity contribution >= 4 is 11.6 Å². The lowest BCUT2D eigenvalue weighted by atomic mass is 9.80. The van der Waals surface area contributed by atoms with Crippen LogP contribution in [0.15, 0.2) is 30.3 Å². The van der Waals surface area contributed by atoms with Crippen molar-refractivity contribution in [1.29, 1.82) is 0 Å². The maximum atomic E-state index is 14.6. The molecular formula is C24H29ClF2O2. The molecule has 1 aliphatic carbocycles. The zero-order valence-electron chi connectivity index (χ0n) is 17.1. The van der Waals surface area contributed by atoms with Crippen LogP contribution < -0.4 is 9.47 Å². The Labute approximate surface area is 177 Å². The first-order valence-electron chi connectivity index (χ1n) is 10.6. The molecule has 0 saturated heterocycles. The van der Waals surface area contributed by atoms with E-state index < -0.39 is 11.6 Å². The van der Waals surface area contributed by atoms with Crippen molar-refractivity contribution in [1.82, 2.24) is 0 Å². The molecule has 0 aliphatic heterocycles. The van der Waals surface area contributed by atoms with Gasteiger partial charge in [0.05, 0.1) is 13.2 Å². The maximum absolute atomic E-state index is 14.6. The molecule has 1 fully saturated rings. The van der Waals surface area contributed by atoms with Crippen LogP contribution in [0.5, 0.6) is 11.5 Å². The van der Waals surface area contributed by atoms with E-state index in [1.807, 2.05) is 0 Å². The molecule has 0 atom stereocenters. The van der Waals surface area contributed by atoms with E-state index in [9.17, 15) is 8.78 Å². The van der Waals surface area contributed by atoms with Gasteiger partial charge in [0.15, 0.2) is 17.4 Å². The van der Waals surface area contributed by atoms with Crippen LogP contribution >= 0.6 is 11.6 Å². The quantitative estimate of drug-likeness (QED) is 0.434. The molecule has 0 spiro atoms. The lowest BCUT2D eigenvalue weighted by Gasteiger charge is -2.28. The fourth-order valence-electron chi connectivity index (χ4n) is 4.11. The smallest absolute Gasteiger partial charge is 0.165 e. The molecule has 1 aliphatic rings. The van der Waals surface area contributed by atoms with Crippen LogP contribution in [0.4, 0.5) is 8.78 Å². The van der Waals surface area contributed by atoms with E-state index in [-0.39, 0.29) is 22.1 Å². The average Bonchev–Trinajstić information content (AvgIpc) is 2.72. The van der Waals surface area contributed by atoms with Crippen LogP contribution in [0, 0.1) is 23.5 Å². The Balaban J connectivity index is 1.64. The van der Waals surface area contributed by atoms with Gasteiger partial charge >= 0.3 is 0 Å². The minimum atomic E-state index is -0.616. The van der Waals surface area contributed by atoms with Gasteiger partial charge in [-0.1, -0.05) is 50.3 Å². The first kappa shape index (κ1) is 21.9. The molecule has 3 rings (SSSR count). The van der Waals surface area contributed by atoms with Gasteiger partial charge in [0, 0.05) is 5.56 Å².